The molecule has 1 saturated heterocycles. The van der Waals surface area contributed by atoms with Crippen molar-refractivity contribution >= 4 is 23.2 Å². The van der Waals surface area contributed by atoms with Gasteiger partial charge in [-0.2, -0.15) is 0 Å². The molecular weight excluding hydrogens is 298 g/mol. The molecule has 0 aliphatic carbocycles. The second-order valence-corrected chi connectivity index (χ2v) is 6.82. The van der Waals surface area contributed by atoms with E-state index in [1.807, 2.05) is 22.1 Å². The lowest BCUT2D eigenvalue weighted by atomic mass is 10.0. The van der Waals surface area contributed by atoms with Crippen LogP contribution in [0.1, 0.15) is 37.4 Å². The molecule has 0 N–H and O–H groups in total. The van der Waals surface area contributed by atoms with Gasteiger partial charge in [0.05, 0.1) is 17.1 Å². The van der Waals surface area contributed by atoms with Gasteiger partial charge >= 0.3 is 0 Å². The SMILES string of the molecule is CCC(CC)C(=O)N1CCN(C(=O)Cc2csc(C)n2)CC1. The lowest BCUT2D eigenvalue weighted by Gasteiger charge is -2.36. The number of nitrogens with zero attached hydrogens (tertiary/aromatic N) is 3. The van der Waals surface area contributed by atoms with Gasteiger partial charge in [-0.15, -0.1) is 11.3 Å². The Kier molecular flexibility index (Phi) is 5.94. The van der Waals surface area contributed by atoms with E-state index in [2.05, 4.69) is 18.8 Å². The van der Waals surface area contributed by atoms with Gasteiger partial charge in [0, 0.05) is 37.5 Å². The molecule has 0 saturated carbocycles. The molecule has 0 spiro atoms. The molecule has 1 fully saturated rings. The Bertz CT molecular complexity index is 517. The Labute approximate surface area is 136 Å². The van der Waals surface area contributed by atoms with Crippen molar-refractivity contribution in [3.05, 3.63) is 16.1 Å². The standard InChI is InChI=1S/C16H25N3O2S/c1-4-13(5-2)16(21)19-8-6-18(7-9-19)15(20)10-14-11-22-12(3)17-14/h11,13H,4-10H2,1-3H3. The van der Waals surface area contributed by atoms with Gasteiger partial charge < -0.3 is 9.80 Å². The normalized spacial score (nSPS) is 15.5. The predicted octanol–water partition coefficient (Wildman–Crippen LogP) is 2.10. The highest BCUT2D eigenvalue weighted by atomic mass is 32.1. The Hall–Kier alpha value is -1.43. The molecule has 0 radical (unpaired) electrons. The summed E-state index contributed by atoms with van der Waals surface area (Å²) in [6.07, 6.45) is 2.14. The molecule has 0 bridgehead atoms. The first-order valence-corrected chi connectivity index (χ1v) is 8.90. The van der Waals surface area contributed by atoms with Crippen LogP contribution in [-0.2, 0) is 16.0 Å². The van der Waals surface area contributed by atoms with Crippen LogP contribution in [0.2, 0.25) is 0 Å². The third kappa shape index (κ3) is 4.06. The Morgan fingerprint density at radius 1 is 1.18 bits per heavy atom. The third-order valence-electron chi connectivity index (χ3n) is 4.28. The molecule has 0 unspecified atom stereocenters. The summed E-state index contributed by atoms with van der Waals surface area (Å²) in [6, 6.07) is 0. The summed E-state index contributed by atoms with van der Waals surface area (Å²) >= 11 is 1.57. The minimum absolute atomic E-state index is 0.111. The first-order valence-electron chi connectivity index (χ1n) is 8.02. The number of aryl methyl sites for hydroxylation is 1. The van der Waals surface area contributed by atoms with E-state index in [0.717, 1.165) is 23.5 Å². The van der Waals surface area contributed by atoms with Crippen molar-refractivity contribution in [3.8, 4) is 0 Å². The van der Waals surface area contributed by atoms with E-state index in [9.17, 15) is 9.59 Å². The second-order valence-electron chi connectivity index (χ2n) is 5.75. The van der Waals surface area contributed by atoms with Crippen molar-refractivity contribution in [3.63, 3.8) is 0 Å². The van der Waals surface area contributed by atoms with Crippen molar-refractivity contribution in [2.75, 3.05) is 26.2 Å². The van der Waals surface area contributed by atoms with E-state index in [0.29, 0.717) is 32.6 Å². The minimum Gasteiger partial charge on any atom is -0.339 e. The van der Waals surface area contributed by atoms with Gasteiger partial charge in [-0.3, -0.25) is 9.59 Å². The van der Waals surface area contributed by atoms with Gasteiger partial charge in [0.15, 0.2) is 0 Å². The van der Waals surface area contributed by atoms with Crippen LogP contribution >= 0.6 is 11.3 Å². The van der Waals surface area contributed by atoms with Crippen molar-refractivity contribution in [1.82, 2.24) is 14.8 Å². The van der Waals surface area contributed by atoms with Gasteiger partial charge in [-0.1, -0.05) is 13.8 Å². The minimum atomic E-state index is 0.111. The van der Waals surface area contributed by atoms with E-state index in [4.69, 9.17) is 0 Å². The number of piperazine rings is 1. The summed E-state index contributed by atoms with van der Waals surface area (Å²) in [5.41, 5.74) is 0.850. The molecule has 22 heavy (non-hydrogen) atoms. The van der Waals surface area contributed by atoms with Gasteiger partial charge in [0.25, 0.3) is 0 Å². The first-order chi connectivity index (χ1) is 10.5. The third-order valence-corrected chi connectivity index (χ3v) is 5.10. The van der Waals surface area contributed by atoms with Crippen LogP contribution in [0.5, 0.6) is 0 Å². The Morgan fingerprint density at radius 2 is 1.77 bits per heavy atom. The number of amides is 2. The quantitative estimate of drug-likeness (QED) is 0.834. The maximum atomic E-state index is 12.3. The van der Waals surface area contributed by atoms with E-state index in [1.165, 1.54) is 0 Å². The maximum absolute atomic E-state index is 12.3. The largest absolute Gasteiger partial charge is 0.339 e. The average Bonchev–Trinajstić information content (AvgIpc) is 2.93. The molecule has 0 atom stereocenters. The fraction of sp³-hybridized carbons (Fsp3) is 0.688. The zero-order chi connectivity index (χ0) is 16.1. The summed E-state index contributed by atoms with van der Waals surface area (Å²) < 4.78 is 0. The lowest BCUT2D eigenvalue weighted by Crippen LogP contribution is -2.52. The van der Waals surface area contributed by atoms with E-state index >= 15 is 0 Å². The fourth-order valence-electron chi connectivity index (χ4n) is 2.83. The van der Waals surface area contributed by atoms with Crippen molar-refractivity contribution in [2.24, 2.45) is 5.92 Å². The molecule has 1 aromatic rings. The number of thiazole rings is 1. The van der Waals surface area contributed by atoms with Gasteiger partial charge in [-0.25, -0.2) is 4.98 Å². The number of hydrogen-bond acceptors (Lipinski definition) is 4. The van der Waals surface area contributed by atoms with E-state index in [1.54, 1.807) is 11.3 Å². The molecule has 0 aromatic carbocycles. The molecule has 6 heteroatoms. The number of rotatable bonds is 5. The van der Waals surface area contributed by atoms with E-state index in [-0.39, 0.29) is 17.7 Å². The lowest BCUT2D eigenvalue weighted by molar-refractivity contribution is -0.142. The van der Waals surface area contributed by atoms with Crippen LogP contribution in [0.15, 0.2) is 5.38 Å². The molecular formula is C16H25N3O2S. The average molecular weight is 323 g/mol. The molecule has 2 heterocycles. The molecule has 1 aromatic heterocycles. The summed E-state index contributed by atoms with van der Waals surface area (Å²) in [6.45, 7) is 8.63. The highest BCUT2D eigenvalue weighted by Crippen LogP contribution is 2.15. The monoisotopic (exact) mass is 323 g/mol. The van der Waals surface area contributed by atoms with Crippen LogP contribution in [0.3, 0.4) is 0 Å². The Morgan fingerprint density at radius 3 is 2.27 bits per heavy atom. The highest BCUT2D eigenvalue weighted by Gasteiger charge is 2.27. The zero-order valence-corrected chi connectivity index (χ0v) is 14.5. The number of aromatic nitrogens is 1. The number of hydrogen-bond donors (Lipinski definition) is 0. The molecule has 1 aliphatic rings. The molecule has 2 rings (SSSR count). The van der Waals surface area contributed by atoms with Gasteiger partial charge in [0.1, 0.15) is 0 Å². The topological polar surface area (TPSA) is 53.5 Å². The fourth-order valence-corrected chi connectivity index (χ4v) is 3.44. The van der Waals surface area contributed by atoms with Crippen molar-refractivity contribution in [2.45, 2.75) is 40.0 Å². The molecule has 2 amide bonds. The first kappa shape index (κ1) is 16.9. The van der Waals surface area contributed by atoms with Gasteiger partial charge in [-0.05, 0) is 19.8 Å². The van der Waals surface area contributed by atoms with Gasteiger partial charge in [0.2, 0.25) is 11.8 Å². The van der Waals surface area contributed by atoms with Crippen molar-refractivity contribution in [1.29, 1.82) is 0 Å². The van der Waals surface area contributed by atoms with Crippen LogP contribution in [0.25, 0.3) is 0 Å². The Balaban J connectivity index is 1.83. The number of carbonyl (C=O) groups excluding carboxylic acids is 2. The van der Waals surface area contributed by atoms with E-state index < -0.39 is 0 Å². The maximum Gasteiger partial charge on any atom is 0.228 e. The van der Waals surface area contributed by atoms with Crippen molar-refractivity contribution < 1.29 is 9.59 Å². The summed E-state index contributed by atoms with van der Waals surface area (Å²) in [4.78, 5) is 32.7. The van der Waals surface area contributed by atoms with Crippen LogP contribution in [0, 0.1) is 12.8 Å². The summed E-state index contributed by atoms with van der Waals surface area (Å²) in [5.74, 6) is 0.479. The highest BCUT2D eigenvalue weighted by molar-refractivity contribution is 7.09. The second kappa shape index (κ2) is 7.72. The zero-order valence-electron chi connectivity index (χ0n) is 13.7. The van der Waals surface area contributed by atoms with Crippen LogP contribution < -0.4 is 0 Å². The molecule has 1 aliphatic heterocycles. The summed E-state index contributed by atoms with van der Waals surface area (Å²) in [7, 11) is 0. The smallest absolute Gasteiger partial charge is 0.228 e. The number of carbonyl (C=O) groups is 2. The van der Waals surface area contributed by atoms with Crippen LogP contribution in [0.4, 0.5) is 0 Å². The molecule has 122 valence electrons. The molecule has 5 nitrogen and oxygen atoms in total. The predicted molar refractivity (Wildman–Crippen MR) is 87.8 cm³/mol. The summed E-state index contributed by atoms with van der Waals surface area (Å²) in [5, 5.41) is 2.93. The van der Waals surface area contributed by atoms with Crippen LogP contribution in [-0.4, -0.2) is 52.8 Å².